The van der Waals surface area contributed by atoms with Crippen LogP contribution < -0.4 is 0 Å². The lowest BCUT2D eigenvalue weighted by Gasteiger charge is -2.59. The lowest BCUT2D eigenvalue weighted by atomic mass is 9.56. The van der Waals surface area contributed by atoms with Crippen molar-refractivity contribution in [3.63, 3.8) is 0 Å². The number of likely N-dealkylation sites (tertiary alicyclic amines) is 1. The summed E-state index contributed by atoms with van der Waals surface area (Å²) in [6, 6.07) is 7.24. The topological polar surface area (TPSA) is 63.7 Å². The zero-order valence-electron chi connectivity index (χ0n) is 15.4. The Hall–Kier alpha value is -1.56. The maximum atomic E-state index is 12.0. The van der Waals surface area contributed by atoms with Gasteiger partial charge in [-0.3, -0.25) is 0 Å². The fraction of sp³-hybridized carbons (Fsp3) is 0.632. The third-order valence-electron chi connectivity index (χ3n) is 5.00. The molecule has 1 aromatic rings. The van der Waals surface area contributed by atoms with Crippen LogP contribution in [0.4, 0.5) is 4.79 Å². The van der Waals surface area contributed by atoms with Crippen LogP contribution in [0.5, 0.6) is 0 Å². The molecule has 0 radical (unpaired) electrons. The molecule has 0 atom stereocenters. The quantitative estimate of drug-likeness (QED) is 0.825. The van der Waals surface area contributed by atoms with Gasteiger partial charge in [-0.15, -0.1) is 0 Å². The van der Waals surface area contributed by atoms with Gasteiger partial charge in [0, 0.05) is 24.8 Å². The number of carbonyl (C=O) groups is 1. The Kier molecular flexibility index (Phi) is 4.38. The molecule has 2 fully saturated rings. The van der Waals surface area contributed by atoms with E-state index >= 15 is 0 Å². The van der Waals surface area contributed by atoms with E-state index in [2.05, 4.69) is 0 Å². The fourth-order valence-electron chi connectivity index (χ4n) is 4.02. The number of carbonyl (C=O) groups excluding carboxylic acids is 1. The first-order valence-electron chi connectivity index (χ1n) is 8.73. The van der Waals surface area contributed by atoms with E-state index in [0.29, 0.717) is 10.8 Å². The van der Waals surface area contributed by atoms with Gasteiger partial charge < -0.3 is 9.64 Å². The number of benzene rings is 1. The number of ether oxygens (including phenoxy) is 1. The second kappa shape index (κ2) is 6.01. The standard InChI is InChI=1S/C19H27NO4S/c1-18(2,3)24-17(21)20-12-19(13-20)10-15(11-19)8-14-6-5-7-16(9-14)25(4,22)23/h5-7,9,15H,8,10-13H2,1-4H3. The average Bonchev–Trinajstić information content (AvgIpc) is 2.37. The summed E-state index contributed by atoms with van der Waals surface area (Å²) < 4.78 is 28.7. The molecule has 2 aliphatic rings. The molecule has 25 heavy (non-hydrogen) atoms. The molecular formula is C19H27NO4S. The smallest absolute Gasteiger partial charge is 0.410 e. The van der Waals surface area contributed by atoms with E-state index in [-0.39, 0.29) is 11.5 Å². The van der Waals surface area contributed by atoms with Crippen molar-refractivity contribution in [2.75, 3.05) is 19.3 Å². The van der Waals surface area contributed by atoms with E-state index < -0.39 is 15.4 Å². The molecule has 138 valence electrons. The molecule has 1 spiro atoms. The van der Waals surface area contributed by atoms with Gasteiger partial charge in [0.05, 0.1) is 4.90 Å². The van der Waals surface area contributed by atoms with E-state index in [1.165, 1.54) is 6.26 Å². The summed E-state index contributed by atoms with van der Waals surface area (Å²) in [5.74, 6) is 0.565. The number of hydrogen-bond donors (Lipinski definition) is 0. The van der Waals surface area contributed by atoms with Crippen molar-refractivity contribution in [1.82, 2.24) is 4.90 Å². The van der Waals surface area contributed by atoms with Crippen LogP contribution >= 0.6 is 0 Å². The maximum absolute atomic E-state index is 12.0. The van der Waals surface area contributed by atoms with Crippen molar-refractivity contribution in [2.24, 2.45) is 11.3 Å². The molecule has 0 unspecified atom stereocenters. The highest BCUT2D eigenvalue weighted by molar-refractivity contribution is 7.90. The molecule has 1 aromatic carbocycles. The Morgan fingerprint density at radius 2 is 1.92 bits per heavy atom. The second-order valence-corrected chi connectivity index (χ2v) is 10.8. The number of sulfone groups is 1. The van der Waals surface area contributed by atoms with Gasteiger partial charge in [0.1, 0.15) is 5.60 Å². The van der Waals surface area contributed by atoms with E-state index in [9.17, 15) is 13.2 Å². The minimum absolute atomic E-state index is 0.220. The Labute approximate surface area is 150 Å². The van der Waals surface area contributed by atoms with E-state index in [0.717, 1.165) is 37.9 Å². The monoisotopic (exact) mass is 365 g/mol. The summed E-state index contributed by atoms with van der Waals surface area (Å²) >= 11 is 0. The number of nitrogens with zero attached hydrogens (tertiary/aromatic N) is 1. The molecule has 5 nitrogen and oxygen atoms in total. The van der Waals surface area contributed by atoms with Crippen LogP contribution in [0.15, 0.2) is 29.2 Å². The third kappa shape index (κ3) is 4.17. The first kappa shape index (κ1) is 18.2. The van der Waals surface area contributed by atoms with Crippen molar-refractivity contribution in [2.45, 2.75) is 50.5 Å². The van der Waals surface area contributed by atoms with Gasteiger partial charge in [-0.1, -0.05) is 12.1 Å². The number of amides is 1. The van der Waals surface area contributed by atoms with Crippen LogP contribution in [0.2, 0.25) is 0 Å². The van der Waals surface area contributed by atoms with Crippen LogP contribution in [-0.4, -0.2) is 44.4 Å². The Bertz CT molecular complexity index is 765. The fourth-order valence-corrected chi connectivity index (χ4v) is 4.71. The third-order valence-corrected chi connectivity index (χ3v) is 6.11. The summed E-state index contributed by atoms with van der Waals surface area (Å²) in [6.45, 7) is 7.20. The van der Waals surface area contributed by atoms with Crippen LogP contribution in [0.1, 0.15) is 39.2 Å². The molecule has 1 heterocycles. The molecule has 0 N–H and O–H groups in total. The van der Waals surface area contributed by atoms with Crippen molar-refractivity contribution < 1.29 is 17.9 Å². The van der Waals surface area contributed by atoms with Gasteiger partial charge in [0.15, 0.2) is 9.84 Å². The zero-order valence-corrected chi connectivity index (χ0v) is 16.2. The predicted molar refractivity (Wildman–Crippen MR) is 96.2 cm³/mol. The lowest BCUT2D eigenvalue weighted by Crippen LogP contribution is -2.64. The summed E-state index contributed by atoms with van der Waals surface area (Å²) in [5.41, 5.74) is 0.883. The normalized spacial score (nSPS) is 20.1. The Morgan fingerprint density at radius 1 is 1.28 bits per heavy atom. The van der Waals surface area contributed by atoms with Gasteiger partial charge in [0.2, 0.25) is 0 Å². The zero-order chi connectivity index (χ0) is 18.5. The lowest BCUT2D eigenvalue weighted by molar-refractivity contribution is -0.0947. The first-order valence-corrected chi connectivity index (χ1v) is 10.6. The summed E-state index contributed by atoms with van der Waals surface area (Å²) in [7, 11) is -3.16. The predicted octanol–water partition coefficient (Wildman–Crippen LogP) is 3.28. The molecule has 1 aliphatic heterocycles. The SMILES string of the molecule is CC(C)(C)OC(=O)N1CC2(CC(Cc3cccc(S(C)(=O)=O)c3)C2)C1. The van der Waals surface area contributed by atoms with E-state index in [1.54, 1.807) is 17.0 Å². The molecule has 1 saturated heterocycles. The molecule has 0 aromatic heterocycles. The van der Waals surface area contributed by atoms with Crippen LogP contribution in [0.25, 0.3) is 0 Å². The first-order chi connectivity index (χ1) is 11.5. The van der Waals surface area contributed by atoms with Gasteiger partial charge in [-0.05, 0) is 63.6 Å². The molecule has 3 rings (SSSR count). The Morgan fingerprint density at radius 3 is 2.48 bits per heavy atom. The summed E-state index contributed by atoms with van der Waals surface area (Å²) in [4.78, 5) is 14.2. The Balaban J connectivity index is 1.49. The highest BCUT2D eigenvalue weighted by Gasteiger charge is 2.54. The van der Waals surface area contributed by atoms with Crippen molar-refractivity contribution in [3.8, 4) is 0 Å². The summed E-state index contributed by atoms with van der Waals surface area (Å²) in [5, 5.41) is 0. The highest BCUT2D eigenvalue weighted by Crippen LogP contribution is 2.53. The minimum Gasteiger partial charge on any atom is -0.444 e. The van der Waals surface area contributed by atoms with Crippen molar-refractivity contribution in [3.05, 3.63) is 29.8 Å². The number of rotatable bonds is 3. The molecule has 1 saturated carbocycles. The van der Waals surface area contributed by atoms with Crippen molar-refractivity contribution in [1.29, 1.82) is 0 Å². The van der Waals surface area contributed by atoms with Crippen LogP contribution in [0.3, 0.4) is 0 Å². The molecule has 6 heteroatoms. The maximum Gasteiger partial charge on any atom is 0.410 e. The van der Waals surface area contributed by atoms with E-state index in [4.69, 9.17) is 4.74 Å². The minimum atomic E-state index is -3.16. The van der Waals surface area contributed by atoms with Crippen molar-refractivity contribution >= 4 is 15.9 Å². The second-order valence-electron chi connectivity index (χ2n) is 8.73. The molecule has 0 bridgehead atoms. The van der Waals surface area contributed by atoms with Gasteiger partial charge in [-0.25, -0.2) is 13.2 Å². The highest BCUT2D eigenvalue weighted by atomic mass is 32.2. The van der Waals surface area contributed by atoms with E-state index in [1.807, 2.05) is 32.9 Å². The average molecular weight is 365 g/mol. The number of hydrogen-bond acceptors (Lipinski definition) is 4. The summed E-state index contributed by atoms with van der Waals surface area (Å²) in [6.07, 6.45) is 4.11. The van der Waals surface area contributed by atoms with Crippen LogP contribution in [0, 0.1) is 11.3 Å². The van der Waals surface area contributed by atoms with Gasteiger partial charge in [0.25, 0.3) is 0 Å². The molecule has 1 aliphatic carbocycles. The van der Waals surface area contributed by atoms with Gasteiger partial charge in [-0.2, -0.15) is 0 Å². The van der Waals surface area contributed by atoms with Crippen LogP contribution in [-0.2, 0) is 21.0 Å². The molecule has 1 amide bonds. The largest absolute Gasteiger partial charge is 0.444 e. The molecular weight excluding hydrogens is 338 g/mol. The van der Waals surface area contributed by atoms with Gasteiger partial charge >= 0.3 is 6.09 Å².